The molecule has 0 spiro atoms. The molecule has 0 aliphatic rings. The van der Waals surface area contributed by atoms with E-state index < -0.39 is 0 Å². The molecule has 69 heavy (non-hydrogen) atoms. The number of nitrogens with zero attached hydrogens (tertiary/aromatic N) is 3. The number of anilines is 6. The Hall–Kier alpha value is -7.88. The van der Waals surface area contributed by atoms with Crippen LogP contribution in [0.1, 0.15) is 63.8 Å². The van der Waals surface area contributed by atoms with Gasteiger partial charge in [-0.3, -0.25) is 0 Å². The van der Waals surface area contributed by atoms with E-state index in [-0.39, 0.29) is 10.8 Å². The van der Waals surface area contributed by atoms with Crippen LogP contribution in [0.2, 0.25) is 0 Å². The third kappa shape index (κ3) is 7.73. The molecule has 0 N–H and O–H groups in total. The van der Waals surface area contributed by atoms with Gasteiger partial charge < -0.3 is 14.4 Å². The quantitative estimate of drug-likeness (QED) is 0.151. The zero-order valence-electron chi connectivity index (χ0n) is 41.0. The number of aromatic nitrogens is 1. The van der Waals surface area contributed by atoms with E-state index in [1.54, 1.807) is 0 Å². The summed E-state index contributed by atoms with van der Waals surface area (Å²) in [5, 5.41) is 7.29. The van der Waals surface area contributed by atoms with Crippen molar-refractivity contribution in [2.75, 3.05) is 9.80 Å². The molecule has 1 heterocycles. The van der Waals surface area contributed by atoms with Crippen molar-refractivity contribution in [3.8, 4) is 16.8 Å². The molecule has 3 heteroatoms. The maximum atomic E-state index is 2.54. The Bertz CT molecular complexity index is 3490. The largest absolute Gasteiger partial charge is 0.310 e. The van der Waals surface area contributed by atoms with Crippen molar-refractivity contribution in [2.45, 2.75) is 66.2 Å². The van der Waals surface area contributed by atoms with E-state index in [2.05, 4.69) is 282 Å². The highest BCUT2D eigenvalue weighted by Gasteiger charge is 2.27. The van der Waals surface area contributed by atoms with Crippen LogP contribution >= 0.6 is 0 Å². The molecule has 11 aromatic rings. The predicted molar refractivity (Wildman–Crippen MR) is 297 cm³/mol. The molecule has 0 aliphatic heterocycles. The van der Waals surface area contributed by atoms with Crippen LogP contribution in [0.5, 0.6) is 0 Å². The zero-order chi connectivity index (χ0) is 47.6. The normalized spacial score (nSPS) is 12.1. The predicted octanol–water partition coefficient (Wildman–Crippen LogP) is 18.9. The second kappa shape index (κ2) is 17.0. The van der Waals surface area contributed by atoms with Gasteiger partial charge in [0.15, 0.2) is 0 Å². The Balaban J connectivity index is 1.29. The van der Waals surface area contributed by atoms with Crippen molar-refractivity contribution in [3.05, 3.63) is 235 Å². The van der Waals surface area contributed by atoms with Gasteiger partial charge in [-0.1, -0.05) is 193 Å². The lowest BCUT2D eigenvalue weighted by Crippen LogP contribution is -2.14. The van der Waals surface area contributed by atoms with Gasteiger partial charge in [0, 0.05) is 50.0 Å². The third-order valence-electron chi connectivity index (χ3n) is 14.1. The second-order valence-electron chi connectivity index (χ2n) is 20.8. The summed E-state index contributed by atoms with van der Waals surface area (Å²) in [4.78, 5) is 4.97. The van der Waals surface area contributed by atoms with Crippen molar-refractivity contribution in [1.82, 2.24) is 4.57 Å². The number of hydrogen-bond acceptors (Lipinski definition) is 2. The lowest BCUT2D eigenvalue weighted by Gasteiger charge is -2.29. The molecule has 0 saturated carbocycles. The number of hydrogen-bond donors (Lipinski definition) is 0. The number of fused-ring (bicyclic) bond motifs is 7. The maximum Gasteiger partial charge on any atom is 0.0568 e. The highest BCUT2D eigenvalue weighted by atomic mass is 15.2. The number of rotatable bonds is 8. The molecule has 0 radical (unpaired) electrons. The molecule has 0 amide bonds. The molecule has 0 fully saturated rings. The molecule has 0 atom stereocenters. The van der Waals surface area contributed by atoms with E-state index in [1.807, 2.05) is 0 Å². The summed E-state index contributed by atoms with van der Waals surface area (Å²) >= 11 is 0. The Kier molecular flexibility index (Phi) is 10.8. The molecule has 0 saturated heterocycles. The topological polar surface area (TPSA) is 11.4 Å². The Morgan fingerprint density at radius 2 is 0.725 bits per heavy atom. The summed E-state index contributed by atoms with van der Waals surface area (Å²) in [6, 6.07) is 78.9. The summed E-state index contributed by atoms with van der Waals surface area (Å²) in [5.41, 5.74) is 17.6. The first-order valence-electron chi connectivity index (χ1n) is 24.4. The van der Waals surface area contributed by atoms with Crippen LogP contribution in [-0.2, 0) is 10.8 Å². The lowest BCUT2D eigenvalue weighted by molar-refractivity contribution is 0.590. The Morgan fingerprint density at radius 1 is 0.333 bits per heavy atom. The SMILES string of the molecule is Cc1ccccc1N(c1ccc(C(C)(C)C)cc1)c1cc2c(c3ccccc13)c1c3ccccc3c(N(c3ccc(C(C)(C)C)cc3)c3ccccc3C)cc1n2-c1cccc(-c2ccccc2)c1. The molecule has 11 rings (SSSR count). The van der Waals surface area contributed by atoms with Gasteiger partial charge in [-0.05, 0) is 129 Å². The fraction of sp³-hybridized carbons (Fsp3) is 0.152. The highest BCUT2D eigenvalue weighted by molar-refractivity contribution is 6.32. The van der Waals surface area contributed by atoms with Crippen LogP contribution < -0.4 is 9.80 Å². The van der Waals surface area contributed by atoms with Crippen molar-refractivity contribution in [1.29, 1.82) is 0 Å². The first-order chi connectivity index (χ1) is 33.3. The van der Waals surface area contributed by atoms with Gasteiger partial charge >= 0.3 is 0 Å². The minimum atomic E-state index is 0.0269. The summed E-state index contributed by atoms with van der Waals surface area (Å²) in [5.74, 6) is 0. The number of aryl methyl sites for hydroxylation is 2. The fourth-order valence-electron chi connectivity index (χ4n) is 10.5. The molecule has 3 nitrogen and oxygen atoms in total. The van der Waals surface area contributed by atoms with Gasteiger partial charge in [0.25, 0.3) is 0 Å². The Morgan fingerprint density at radius 3 is 1.16 bits per heavy atom. The van der Waals surface area contributed by atoms with E-state index in [0.717, 1.165) is 50.8 Å². The fourth-order valence-corrected chi connectivity index (χ4v) is 10.5. The average molecular weight is 894 g/mol. The summed E-state index contributed by atoms with van der Waals surface area (Å²) in [7, 11) is 0. The van der Waals surface area contributed by atoms with Crippen LogP contribution in [0.25, 0.3) is 60.2 Å². The van der Waals surface area contributed by atoms with Gasteiger partial charge in [0.2, 0.25) is 0 Å². The minimum Gasteiger partial charge on any atom is -0.310 e. The lowest BCUT2D eigenvalue weighted by atomic mass is 9.87. The van der Waals surface area contributed by atoms with Crippen LogP contribution in [0.3, 0.4) is 0 Å². The standard InChI is InChI=1S/C66H59N3/c1-44-21-12-18-31-57(44)67(50-37-33-48(34-38-50)65(3,4)5)59-42-61-63(55-29-16-14-27-53(55)59)64-56-30-17-15-28-54(56)60(43-62(64)69(61)52-26-20-25-47(41-52)46-23-10-9-11-24-46)68(58-32-19-13-22-45(58)2)51-39-35-49(36-40-51)66(6,7)8/h9-43H,1-8H3. The van der Waals surface area contributed by atoms with Crippen LogP contribution in [0.4, 0.5) is 34.1 Å². The van der Waals surface area contributed by atoms with Gasteiger partial charge in [-0.25, -0.2) is 0 Å². The van der Waals surface area contributed by atoms with Gasteiger partial charge in [-0.2, -0.15) is 0 Å². The number of para-hydroxylation sites is 2. The van der Waals surface area contributed by atoms with E-state index >= 15 is 0 Å². The number of benzene rings is 10. The zero-order valence-corrected chi connectivity index (χ0v) is 41.0. The Labute approximate surface area is 407 Å². The molecule has 0 unspecified atom stereocenters. The maximum absolute atomic E-state index is 2.54. The van der Waals surface area contributed by atoms with Crippen molar-refractivity contribution >= 4 is 77.5 Å². The first-order valence-corrected chi connectivity index (χ1v) is 24.4. The van der Waals surface area contributed by atoms with Gasteiger partial charge in [0.1, 0.15) is 0 Å². The summed E-state index contributed by atoms with van der Waals surface area (Å²) in [6.07, 6.45) is 0. The molecule has 0 aliphatic carbocycles. The summed E-state index contributed by atoms with van der Waals surface area (Å²) in [6.45, 7) is 18.2. The highest BCUT2D eigenvalue weighted by Crippen LogP contribution is 2.51. The van der Waals surface area contributed by atoms with Crippen molar-refractivity contribution in [3.63, 3.8) is 0 Å². The molecule has 338 valence electrons. The summed E-state index contributed by atoms with van der Waals surface area (Å²) < 4.78 is 2.54. The smallest absolute Gasteiger partial charge is 0.0568 e. The molecule has 10 aromatic carbocycles. The molecule has 1 aromatic heterocycles. The van der Waals surface area contributed by atoms with E-state index in [9.17, 15) is 0 Å². The van der Waals surface area contributed by atoms with E-state index in [4.69, 9.17) is 0 Å². The van der Waals surface area contributed by atoms with Crippen molar-refractivity contribution in [2.24, 2.45) is 0 Å². The average Bonchev–Trinajstić information content (AvgIpc) is 3.70. The monoisotopic (exact) mass is 893 g/mol. The van der Waals surface area contributed by atoms with Crippen molar-refractivity contribution < 1.29 is 0 Å². The van der Waals surface area contributed by atoms with Gasteiger partial charge in [-0.15, -0.1) is 0 Å². The first kappa shape index (κ1) is 43.7. The third-order valence-corrected chi connectivity index (χ3v) is 14.1. The minimum absolute atomic E-state index is 0.0269. The van der Waals surface area contributed by atoms with Crippen LogP contribution in [0.15, 0.2) is 212 Å². The van der Waals surface area contributed by atoms with Crippen LogP contribution in [0, 0.1) is 13.8 Å². The van der Waals surface area contributed by atoms with Gasteiger partial charge in [0.05, 0.1) is 22.4 Å². The second-order valence-corrected chi connectivity index (χ2v) is 20.8. The van der Waals surface area contributed by atoms with E-state index in [1.165, 1.54) is 65.7 Å². The molecular formula is C66H59N3. The van der Waals surface area contributed by atoms with Crippen LogP contribution in [-0.4, -0.2) is 4.57 Å². The van der Waals surface area contributed by atoms with E-state index in [0.29, 0.717) is 0 Å². The molecular weight excluding hydrogens is 835 g/mol. The molecule has 0 bridgehead atoms.